The van der Waals surface area contributed by atoms with E-state index in [0.29, 0.717) is 18.5 Å². The summed E-state index contributed by atoms with van der Waals surface area (Å²) in [7, 11) is 0. The molecule has 1 N–H and O–H groups in total. The Morgan fingerprint density at radius 1 is 1.09 bits per heavy atom. The number of nitrogens with zero attached hydrogens (tertiary/aromatic N) is 3. The number of aromatic nitrogens is 2. The van der Waals surface area contributed by atoms with Crippen LogP contribution in [-0.2, 0) is 23.9 Å². The maximum atomic E-state index is 12.8. The highest BCUT2D eigenvalue weighted by Gasteiger charge is 2.30. The van der Waals surface area contributed by atoms with Crippen molar-refractivity contribution in [2.24, 2.45) is 0 Å². The molecule has 3 rings (SSSR count). The summed E-state index contributed by atoms with van der Waals surface area (Å²) < 4.78 is 42.9. The summed E-state index contributed by atoms with van der Waals surface area (Å²) in [5.74, 6) is 0.498. The van der Waals surface area contributed by atoms with Gasteiger partial charge in [-0.1, -0.05) is 42.5 Å². The number of halogens is 3. The molecule has 170 valence electrons. The van der Waals surface area contributed by atoms with Crippen molar-refractivity contribution < 1.29 is 18.0 Å². The highest BCUT2D eigenvalue weighted by Crippen LogP contribution is 2.29. The Bertz CT molecular complexity index is 1020. The van der Waals surface area contributed by atoms with Crippen molar-refractivity contribution in [2.75, 3.05) is 11.4 Å². The average Bonchev–Trinajstić information content (AvgIpc) is 3.20. The minimum Gasteiger partial charge on any atom is -0.352 e. The number of amides is 1. The third-order valence-electron chi connectivity index (χ3n) is 4.86. The fourth-order valence-corrected chi connectivity index (χ4v) is 4.00. The highest BCUT2D eigenvalue weighted by atomic mass is 32.1. The second-order valence-electron chi connectivity index (χ2n) is 7.67. The Kier molecular flexibility index (Phi) is 7.84. The molecule has 9 heteroatoms. The molecule has 5 nitrogen and oxygen atoms in total. The topological polar surface area (TPSA) is 58.1 Å². The maximum Gasteiger partial charge on any atom is 0.416 e. The first-order valence-corrected chi connectivity index (χ1v) is 11.1. The van der Waals surface area contributed by atoms with Crippen LogP contribution < -0.4 is 10.2 Å². The number of nitrogens with one attached hydrogen (secondary N) is 1. The van der Waals surface area contributed by atoms with Gasteiger partial charge < -0.3 is 10.2 Å². The summed E-state index contributed by atoms with van der Waals surface area (Å²) in [4.78, 5) is 18.9. The zero-order valence-electron chi connectivity index (χ0n) is 17.9. The third-order valence-corrected chi connectivity index (χ3v) is 5.65. The Balaban J connectivity index is 1.54. The number of benzene rings is 2. The Labute approximate surface area is 189 Å². The van der Waals surface area contributed by atoms with Crippen LogP contribution in [0.2, 0.25) is 0 Å². The van der Waals surface area contributed by atoms with E-state index in [1.807, 2.05) is 49.1 Å². The number of carbonyl (C=O) groups is 1. The van der Waals surface area contributed by atoms with Crippen molar-refractivity contribution in [1.82, 2.24) is 14.7 Å². The number of hydrogen-bond donors (Lipinski definition) is 1. The summed E-state index contributed by atoms with van der Waals surface area (Å²) in [6.07, 6.45) is -3.57. The van der Waals surface area contributed by atoms with Crippen LogP contribution in [0.4, 0.5) is 18.3 Å². The van der Waals surface area contributed by atoms with Crippen molar-refractivity contribution in [2.45, 2.75) is 45.5 Å². The molecular weight excluding hydrogens is 437 g/mol. The zero-order chi connectivity index (χ0) is 23.1. The van der Waals surface area contributed by atoms with Crippen molar-refractivity contribution >= 4 is 22.6 Å². The van der Waals surface area contributed by atoms with E-state index in [0.717, 1.165) is 28.7 Å². The van der Waals surface area contributed by atoms with Crippen molar-refractivity contribution in [1.29, 1.82) is 0 Å². The molecular formula is C23H25F3N4OS. The lowest BCUT2D eigenvalue weighted by molar-refractivity contribution is -0.137. The van der Waals surface area contributed by atoms with E-state index in [1.54, 1.807) is 6.07 Å². The van der Waals surface area contributed by atoms with Crippen molar-refractivity contribution in [3.8, 4) is 0 Å². The molecule has 0 bridgehead atoms. The van der Waals surface area contributed by atoms with Crippen LogP contribution in [-0.4, -0.2) is 27.9 Å². The van der Waals surface area contributed by atoms with Gasteiger partial charge in [0, 0.05) is 43.5 Å². The molecule has 0 aliphatic rings. The summed E-state index contributed by atoms with van der Waals surface area (Å²) >= 11 is 1.30. The molecule has 0 fully saturated rings. The number of carbonyl (C=O) groups excluding carboxylic acids is 1. The van der Waals surface area contributed by atoms with E-state index in [9.17, 15) is 18.0 Å². The molecule has 0 atom stereocenters. The second-order valence-corrected chi connectivity index (χ2v) is 8.40. The first kappa shape index (κ1) is 23.7. The van der Waals surface area contributed by atoms with Crippen LogP contribution in [0, 0.1) is 0 Å². The second kappa shape index (κ2) is 10.6. The lowest BCUT2D eigenvalue weighted by atomic mass is 10.1. The van der Waals surface area contributed by atoms with Crippen LogP contribution >= 0.6 is 11.5 Å². The van der Waals surface area contributed by atoms with Gasteiger partial charge in [0.05, 0.1) is 5.56 Å². The van der Waals surface area contributed by atoms with Gasteiger partial charge in [-0.05, 0) is 37.1 Å². The summed E-state index contributed by atoms with van der Waals surface area (Å²) in [6.45, 7) is 4.51. The number of rotatable bonds is 9. The molecule has 0 saturated carbocycles. The minimum atomic E-state index is -4.40. The van der Waals surface area contributed by atoms with E-state index in [4.69, 9.17) is 0 Å². The molecule has 1 aromatic heterocycles. The Hall–Kier alpha value is -2.94. The lowest BCUT2D eigenvalue weighted by Gasteiger charge is -2.25. The van der Waals surface area contributed by atoms with Gasteiger partial charge in [-0.3, -0.25) is 4.79 Å². The zero-order valence-corrected chi connectivity index (χ0v) is 18.7. The van der Waals surface area contributed by atoms with Gasteiger partial charge in [-0.2, -0.15) is 17.5 Å². The van der Waals surface area contributed by atoms with Crippen LogP contribution in [0.25, 0.3) is 0 Å². The third kappa shape index (κ3) is 6.78. The molecule has 2 aromatic carbocycles. The molecule has 32 heavy (non-hydrogen) atoms. The molecule has 1 heterocycles. The smallest absolute Gasteiger partial charge is 0.352 e. The van der Waals surface area contributed by atoms with Crippen LogP contribution in [0.1, 0.15) is 42.8 Å². The summed E-state index contributed by atoms with van der Waals surface area (Å²) in [6, 6.07) is 15.0. The fraction of sp³-hybridized carbons (Fsp3) is 0.348. The first-order valence-electron chi connectivity index (χ1n) is 10.3. The molecule has 0 saturated heterocycles. The predicted octanol–water partition coefficient (Wildman–Crippen LogP) is 5.07. The lowest BCUT2D eigenvalue weighted by Crippen LogP contribution is -2.35. The first-order chi connectivity index (χ1) is 15.2. The fourth-order valence-electron chi connectivity index (χ4n) is 3.16. The van der Waals surface area contributed by atoms with E-state index < -0.39 is 11.7 Å². The van der Waals surface area contributed by atoms with Gasteiger partial charge in [0.2, 0.25) is 11.0 Å². The van der Waals surface area contributed by atoms with Gasteiger partial charge in [-0.25, -0.2) is 4.98 Å². The number of alkyl halides is 3. The molecule has 0 aliphatic heterocycles. The molecule has 1 amide bonds. The highest BCUT2D eigenvalue weighted by molar-refractivity contribution is 7.09. The van der Waals surface area contributed by atoms with Gasteiger partial charge >= 0.3 is 6.18 Å². The van der Waals surface area contributed by atoms with Crippen LogP contribution in [0.15, 0.2) is 54.6 Å². The van der Waals surface area contributed by atoms with E-state index in [-0.39, 0.29) is 24.9 Å². The van der Waals surface area contributed by atoms with Gasteiger partial charge in [0.25, 0.3) is 0 Å². The number of anilines is 1. The van der Waals surface area contributed by atoms with E-state index in [2.05, 4.69) is 14.7 Å². The summed E-state index contributed by atoms with van der Waals surface area (Å²) in [5, 5.41) is 3.44. The predicted molar refractivity (Wildman–Crippen MR) is 120 cm³/mol. The average molecular weight is 463 g/mol. The van der Waals surface area contributed by atoms with E-state index >= 15 is 0 Å². The van der Waals surface area contributed by atoms with Gasteiger partial charge in [0.1, 0.15) is 5.82 Å². The van der Waals surface area contributed by atoms with Crippen LogP contribution in [0.3, 0.4) is 0 Å². The molecule has 0 radical (unpaired) electrons. The quantitative estimate of drug-likeness (QED) is 0.483. The van der Waals surface area contributed by atoms with Crippen molar-refractivity contribution in [3.05, 3.63) is 77.1 Å². The molecule has 0 spiro atoms. The SMILES string of the molecule is CC(C)N(CCC(=O)NCc1cccc(C(F)(F)F)c1)c1nc(Cc2ccccc2)ns1. The number of hydrogen-bond acceptors (Lipinski definition) is 5. The molecule has 0 unspecified atom stereocenters. The normalized spacial score (nSPS) is 11.6. The molecule has 3 aromatic rings. The van der Waals surface area contributed by atoms with Gasteiger partial charge in [-0.15, -0.1) is 0 Å². The Morgan fingerprint density at radius 3 is 2.50 bits per heavy atom. The Morgan fingerprint density at radius 2 is 1.81 bits per heavy atom. The monoisotopic (exact) mass is 462 g/mol. The summed E-state index contributed by atoms with van der Waals surface area (Å²) in [5.41, 5.74) is 0.809. The van der Waals surface area contributed by atoms with Crippen LogP contribution in [0.5, 0.6) is 0 Å². The van der Waals surface area contributed by atoms with E-state index in [1.165, 1.54) is 17.6 Å². The largest absolute Gasteiger partial charge is 0.416 e. The molecule has 0 aliphatic carbocycles. The minimum absolute atomic E-state index is 0.0461. The maximum absolute atomic E-state index is 12.8. The van der Waals surface area contributed by atoms with Crippen molar-refractivity contribution in [3.63, 3.8) is 0 Å². The standard InChI is InChI=1S/C23H25F3N4OS/c1-16(2)30(22-28-20(29-32-22)14-17-7-4-3-5-8-17)12-11-21(31)27-15-18-9-6-10-19(13-18)23(24,25)26/h3-10,13,16H,11-12,14-15H2,1-2H3,(H,27,31). The van der Waals surface area contributed by atoms with Gasteiger partial charge in [0.15, 0.2) is 0 Å².